The summed E-state index contributed by atoms with van der Waals surface area (Å²) < 4.78 is 0. The molecule has 23 heavy (non-hydrogen) atoms. The van der Waals surface area contributed by atoms with Gasteiger partial charge in [-0.3, -0.25) is 4.79 Å². The molecule has 1 N–H and O–H groups in total. The molecular formula is C20H26N2O. The van der Waals surface area contributed by atoms with Crippen molar-refractivity contribution in [1.82, 2.24) is 5.32 Å². The third-order valence-electron chi connectivity index (χ3n) is 4.94. The van der Waals surface area contributed by atoms with Gasteiger partial charge in [0.05, 0.1) is 6.54 Å². The molecular weight excluding hydrogens is 284 g/mol. The maximum atomic E-state index is 12.3. The van der Waals surface area contributed by atoms with Crippen molar-refractivity contribution < 1.29 is 4.79 Å². The van der Waals surface area contributed by atoms with E-state index >= 15 is 0 Å². The Labute approximate surface area is 138 Å². The standard InChI is InChI=1S/C20H26N2O/c1-15-7-10-18(11-8-15)21-20(23)14-22(2)19-12-9-16-5-3-4-6-17(16)13-19/h3-6,9,12-13,15,18H,7-8,10-11,14H2,1-2H3,(H,21,23). The van der Waals surface area contributed by atoms with E-state index in [0.29, 0.717) is 12.6 Å². The van der Waals surface area contributed by atoms with Crippen LogP contribution in [0.25, 0.3) is 10.8 Å². The molecule has 1 aliphatic rings. The second kappa shape index (κ2) is 7.03. The number of carbonyl (C=O) groups is 1. The highest BCUT2D eigenvalue weighted by Crippen LogP contribution is 2.24. The van der Waals surface area contributed by atoms with E-state index in [0.717, 1.165) is 24.4 Å². The first-order valence-corrected chi connectivity index (χ1v) is 8.61. The third kappa shape index (κ3) is 4.04. The quantitative estimate of drug-likeness (QED) is 0.926. The predicted octanol–water partition coefficient (Wildman–Crippen LogP) is 3.97. The Bertz CT molecular complexity index is 674. The van der Waals surface area contributed by atoms with E-state index in [9.17, 15) is 4.79 Å². The molecule has 0 atom stereocenters. The Morgan fingerprint density at radius 2 is 1.78 bits per heavy atom. The molecule has 1 amide bonds. The SMILES string of the molecule is CC1CCC(NC(=O)CN(C)c2ccc3ccccc3c2)CC1. The van der Waals surface area contributed by atoms with Crippen LogP contribution in [-0.4, -0.2) is 25.5 Å². The van der Waals surface area contributed by atoms with E-state index in [1.807, 2.05) is 24.1 Å². The van der Waals surface area contributed by atoms with Crippen molar-refractivity contribution in [2.24, 2.45) is 5.92 Å². The Balaban J connectivity index is 1.58. The minimum absolute atomic E-state index is 0.125. The van der Waals surface area contributed by atoms with E-state index in [1.54, 1.807) is 0 Å². The molecule has 2 aromatic rings. The molecule has 0 bridgehead atoms. The number of nitrogens with one attached hydrogen (secondary N) is 1. The van der Waals surface area contributed by atoms with Gasteiger partial charge in [-0.15, -0.1) is 0 Å². The summed E-state index contributed by atoms with van der Waals surface area (Å²) in [5.41, 5.74) is 1.08. The van der Waals surface area contributed by atoms with Crippen LogP contribution in [0.4, 0.5) is 5.69 Å². The fourth-order valence-electron chi connectivity index (χ4n) is 3.40. The fraction of sp³-hybridized carbons (Fsp3) is 0.450. The zero-order chi connectivity index (χ0) is 16.2. The molecule has 0 aromatic heterocycles. The zero-order valence-corrected chi connectivity index (χ0v) is 14.1. The zero-order valence-electron chi connectivity index (χ0n) is 14.1. The molecule has 0 unspecified atom stereocenters. The molecule has 3 rings (SSSR count). The van der Waals surface area contributed by atoms with Gasteiger partial charge in [-0.05, 0) is 54.5 Å². The van der Waals surface area contributed by atoms with Gasteiger partial charge in [0.25, 0.3) is 0 Å². The summed E-state index contributed by atoms with van der Waals surface area (Å²) >= 11 is 0. The normalized spacial score (nSPS) is 21.1. The minimum Gasteiger partial charge on any atom is -0.365 e. The first kappa shape index (κ1) is 15.9. The van der Waals surface area contributed by atoms with Crippen LogP contribution in [-0.2, 0) is 4.79 Å². The molecule has 1 fully saturated rings. The molecule has 0 saturated heterocycles. The third-order valence-corrected chi connectivity index (χ3v) is 4.94. The molecule has 0 spiro atoms. The van der Waals surface area contributed by atoms with Crippen molar-refractivity contribution in [2.75, 3.05) is 18.5 Å². The summed E-state index contributed by atoms with van der Waals surface area (Å²) in [6.07, 6.45) is 4.69. The number of benzene rings is 2. The topological polar surface area (TPSA) is 32.3 Å². The summed E-state index contributed by atoms with van der Waals surface area (Å²) in [4.78, 5) is 14.3. The summed E-state index contributed by atoms with van der Waals surface area (Å²) in [7, 11) is 1.98. The maximum absolute atomic E-state index is 12.3. The summed E-state index contributed by atoms with van der Waals surface area (Å²) in [6, 6.07) is 15.0. The number of hydrogen-bond acceptors (Lipinski definition) is 2. The average Bonchev–Trinajstić information content (AvgIpc) is 2.56. The monoisotopic (exact) mass is 310 g/mol. The van der Waals surface area contributed by atoms with Gasteiger partial charge in [-0.1, -0.05) is 37.3 Å². The molecule has 0 aliphatic heterocycles. The van der Waals surface area contributed by atoms with E-state index in [-0.39, 0.29) is 5.91 Å². The van der Waals surface area contributed by atoms with Gasteiger partial charge >= 0.3 is 0 Å². The van der Waals surface area contributed by atoms with Crippen molar-refractivity contribution in [1.29, 1.82) is 0 Å². The Morgan fingerprint density at radius 1 is 1.09 bits per heavy atom. The van der Waals surface area contributed by atoms with Gasteiger partial charge in [-0.2, -0.15) is 0 Å². The molecule has 2 aromatic carbocycles. The summed E-state index contributed by atoms with van der Waals surface area (Å²) in [5, 5.41) is 5.63. The largest absolute Gasteiger partial charge is 0.365 e. The van der Waals surface area contributed by atoms with Crippen LogP contribution in [0.5, 0.6) is 0 Å². The lowest BCUT2D eigenvalue weighted by molar-refractivity contribution is -0.120. The van der Waals surface area contributed by atoms with Crippen molar-refractivity contribution >= 4 is 22.4 Å². The van der Waals surface area contributed by atoms with E-state index in [1.165, 1.54) is 23.6 Å². The minimum atomic E-state index is 0.125. The van der Waals surface area contributed by atoms with Crippen LogP contribution >= 0.6 is 0 Å². The van der Waals surface area contributed by atoms with Gasteiger partial charge < -0.3 is 10.2 Å². The molecule has 122 valence electrons. The van der Waals surface area contributed by atoms with Gasteiger partial charge in [-0.25, -0.2) is 0 Å². The number of nitrogens with zero attached hydrogens (tertiary/aromatic N) is 1. The van der Waals surface area contributed by atoms with Crippen molar-refractivity contribution in [3.63, 3.8) is 0 Å². The highest BCUT2D eigenvalue weighted by atomic mass is 16.2. The highest BCUT2D eigenvalue weighted by molar-refractivity contribution is 5.87. The smallest absolute Gasteiger partial charge is 0.239 e. The van der Waals surface area contributed by atoms with Crippen molar-refractivity contribution in [2.45, 2.75) is 38.6 Å². The van der Waals surface area contributed by atoms with E-state index in [2.05, 4.69) is 42.6 Å². The number of fused-ring (bicyclic) bond motifs is 1. The summed E-state index contributed by atoms with van der Waals surface area (Å²) in [6.45, 7) is 2.70. The number of rotatable bonds is 4. The maximum Gasteiger partial charge on any atom is 0.239 e. The molecule has 0 radical (unpaired) electrons. The molecule has 0 heterocycles. The van der Waals surface area contributed by atoms with E-state index in [4.69, 9.17) is 0 Å². The second-order valence-corrected chi connectivity index (χ2v) is 6.91. The Hall–Kier alpha value is -2.03. The number of carbonyl (C=O) groups excluding carboxylic acids is 1. The lowest BCUT2D eigenvalue weighted by Gasteiger charge is -2.28. The van der Waals surface area contributed by atoms with Crippen molar-refractivity contribution in [3.05, 3.63) is 42.5 Å². The second-order valence-electron chi connectivity index (χ2n) is 6.91. The molecule has 1 aliphatic carbocycles. The van der Waals surface area contributed by atoms with Crippen LogP contribution in [0.1, 0.15) is 32.6 Å². The van der Waals surface area contributed by atoms with Crippen LogP contribution in [0.2, 0.25) is 0 Å². The lowest BCUT2D eigenvalue weighted by Crippen LogP contribution is -2.42. The van der Waals surface area contributed by atoms with Crippen molar-refractivity contribution in [3.8, 4) is 0 Å². The summed E-state index contributed by atoms with van der Waals surface area (Å²) in [5.74, 6) is 0.934. The van der Waals surface area contributed by atoms with Gasteiger partial charge in [0.2, 0.25) is 5.91 Å². The van der Waals surface area contributed by atoms with Crippen LogP contribution in [0, 0.1) is 5.92 Å². The van der Waals surface area contributed by atoms with Crippen LogP contribution in [0.3, 0.4) is 0 Å². The average molecular weight is 310 g/mol. The van der Waals surface area contributed by atoms with Crippen LogP contribution in [0.15, 0.2) is 42.5 Å². The van der Waals surface area contributed by atoms with Gasteiger partial charge in [0, 0.05) is 18.8 Å². The predicted molar refractivity (Wildman–Crippen MR) is 96.8 cm³/mol. The molecule has 3 nitrogen and oxygen atoms in total. The lowest BCUT2D eigenvalue weighted by atomic mass is 9.87. The first-order chi connectivity index (χ1) is 11.1. The van der Waals surface area contributed by atoms with Crippen LogP contribution < -0.4 is 10.2 Å². The number of likely N-dealkylation sites (N-methyl/N-ethyl adjacent to an activating group) is 1. The molecule has 1 saturated carbocycles. The fourth-order valence-corrected chi connectivity index (χ4v) is 3.40. The highest BCUT2D eigenvalue weighted by Gasteiger charge is 2.20. The Kier molecular flexibility index (Phi) is 4.85. The number of hydrogen-bond donors (Lipinski definition) is 1. The Morgan fingerprint density at radius 3 is 2.52 bits per heavy atom. The van der Waals surface area contributed by atoms with E-state index < -0.39 is 0 Å². The number of anilines is 1. The first-order valence-electron chi connectivity index (χ1n) is 8.61. The van der Waals surface area contributed by atoms with Gasteiger partial charge in [0.1, 0.15) is 0 Å². The molecule has 3 heteroatoms. The number of amides is 1. The van der Waals surface area contributed by atoms with Gasteiger partial charge in [0.15, 0.2) is 0 Å².